The van der Waals surface area contributed by atoms with Crippen LogP contribution in [0.5, 0.6) is 0 Å². The molecule has 0 saturated heterocycles. The van der Waals surface area contributed by atoms with Crippen LogP contribution in [0.25, 0.3) is 0 Å². The first-order valence-corrected chi connectivity index (χ1v) is 5.90. The van der Waals surface area contributed by atoms with Gasteiger partial charge in [0.25, 0.3) is 0 Å². The SMILES string of the molecule is O=C(O)c1cc(C(=O)O)c(C(=O)OCO)cc1C(=O)CCO. The molecule has 0 unspecified atom stereocenters. The first-order chi connectivity index (χ1) is 10.3. The summed E-state index contributed by atoms with van der Waals surface area (Å²) in [5.41, 5.74) is -2.31. The number of hydrogen-bond donors (Lipinski definition) is 4. The molecule has 0 saturated carbocycles. The van der Waals surface area contributed by atoms with Gasteiger partial charge in [-0.2, -0.15) is 0 Å². The van der Waals surface area contributed by atoms with Crippen LogP contribution >= 0.6 is 0 Å². The average molecular weight is 312 g/mol. The molecule has 4 N–H and O–H groups in total. The lowest BCUT2D eigenvalue weighted by atomic mass is 9.94. The van der Waals surface area contributed by atoms with Crippen molar-refractivity contribution in [3.05, 3.63) is 34.4 Å². The van der Waals surface area contributed by atoms with E-state index in [0.717, 1.165) is 6.07 Å². The van der Waals surface area contributed by atoms with Gasteiger partial charge < -0.3 is 25.2 Å². The summed E-state index contributed by atoms with van der Waals surface area (Å²) in [7, 11) is 0. The lowest BCUT2D eigenvalue weighted by Crippen LogP contribution is -2.18. The molecule has 0 heterocycles. The highest BCUT2D eigenvalue weighted by molar-refractivity contribution is 6.11. The topological polar surface area (TPSA) is 158 Å². The number of rotatable bonds is 7. The van der Waals surface area contributed by atoms with Gasteiger partial charge in [0.2, 0.25) is 0 Å². The summed E-state index contributed by atoms with van der Waals surface area (Å²) in [6, 6.07) is 1.42. The molecule has 0 spiro atoms. The molecule has 0 atom stereocenters. The molecule has 0 radical (unpaired) electrons. The van der Waals surface area contributed by atoms with Crippen LogP contribution in [0.15, 0.2) is 12.1 Å². The van der Waals surface area contributed by atoms with Crippen molar-refractivity contribution in [2.45, 2.75) is 6.42 Å². The van der Waals surface area contributed by atoms with E-state index in [4.69, 9.17) is 20.4 Å². The van der Waals surface area contributed by atoms with E-state index in [1.807, 2.05) is 0 Å². The van der Waals surface area contributed by atoms with E-state index >= 15 is 0 Å². The Morgan fingerprint density at radius 1 is 0.864 bits per heavy atom. The molecular weight excluding hydrogens is 300 g/mol. The zero-order chi connectivity index (χ0) is 16.9. The second-order valence-electron chi connectivity index (χ2n) is 4.01. The Hall–Kier alpha value is -2.78. The molecule has 0 aromatic heterocycles. The third-order valence-electron chi connectivity index (χ3n) is 2.67. The van der Waals surface area contributed by atoms with E-state index in [9.17, 15) is 19.2 Å². The average Bonchev–Trinajstić information content (AvgIpc) is 2.46. The predicted molar refractivity (Wildman–Crippen MR) is 68.9 cm³/mol. The van der Waals surface area contributed by atoms with Crippen LogP contribution < -0.4 is 0 Å². The number of esters is 1. The summed E-state index contributed by atoms with van der Waals surface area (Å²) in [5.74, 6) is -5.18. The van der Waals surface area contributed by atoms with Crippen LogP contribution in [0.2, 0.25) is 0 Å². The highest BCUT2D eigenvalue weighted by Crippen LogP contribution is 2.20. The van der Waals surface area contributed by atoms with Crippen LogP contribution in [-0.2, 0) is 4.74 Å². The molecule has 0 aliphatic rings. The molecule has 0 amide bonds. The second kappa shape index (κ2) is 7.29. The smallest absolute Gasteiger partial charge is 0.341 e. The Bertz CT molecular complexity index is 581. The monoisotopic (exact) mass is 312 g/mol. The normalized spacial score (nSPS) is 10.1. The molecule has 1 aromatic carbocycles. The first kappa shape index (κ1) is 17.3. The van der Waals surface area contributed by atoms with Gasteiger partial charge in [0.15, 0.2) is 12.6 Å². The number of carbonyl (C=O) groups excluding carboxylic acids is 2. The standard InChI is InChI=1S/C13H12O9/c14-2-1-10(16)6-3-9(13(21)22-5-15)8(12(19)20)4-7(6)11(17)18/h3-4,14-15H,1-2,5H2,(H,17,18)(H,19,20). The molecule has 1 aromatic rings. The number of ketones is 1. The van der Waals surface area contributed by atoms with E-state index in [-0.39, 0.29) is 0 Å². The summed E-state index contributed by atoms with van der Waals surface area (Å²) < 4.78 is 4.26. The van der Waals surface area contributed by atoms with Crippen molar-refractivity contribution in [3.63, 3.8) is 0 Å². The fourth-order valence-electron chi connectivity index (χ4n) is 1.73. The number of ether oxygens (including phenoxy) is 1. The van der Waals surface area contributed by atoms with Gasteiger partial charge in [0.05, 0.1) is 23.3 Å². The number of hydrogen-bond acceptors (Lipinski definition) is 7. The number of carboxylic acids is 2. The molecule has 118 valence electrons. The van der Waals surface area contributed by atoms with Crippen LogP contribution in [0, 0.1) is 0 Å². The maximum Gasteiger partial charge on any atom is 0.341 e. The number of aliphatic hydroxyl groups excluding tert-OH is 2. The Morgan fingerprint density at radius 2 is 1.36 bits per heavy atom. The summed E-state index contributed by atoms with van der Waals surface area (Å²) in [4.78, 5) is 45.7. The van der Waals surface area contributed by atoms with Crippen LogP contribution in [0.3, 0.4) is 0 Å². The Kier molecular flexibility index (Phi) is 5.72. The number of aromatic carboxylic acids is 2. The van der Waals surface area contributed by atoms with Gasteiger partial charge in [-0.05, 0) is 12.1 Å². The van der Waals surface area contributed by atoms with Crippen molar-refractivity contribution in [1.82, 2.24) is 0 Å². The minimum Gasteiger partial charge on any atom is -0.478 e. The minimum atomic E-state index is -1.60. The molecule has 0 fully saturated rings. The zero-order valence-electron chi connectivity index (χ0n) is 11.1. The third-order valence-corrected chi connectivity index (χ3v) is 2.67. The van der Waals surface area contributed by atoms with E-state index in [1.165, 1.54) is 0 Å². The molecule has 0 bridgehead atoms. The lowest BCUT2D eigenvalue weighted by Gasteiger charge is -2.10. The van der Waals surface area contributed by atoms with Gasteiger partial charge in [0, 0.05) is 12.0 Å². The quantitative estimate of drug-likeness (QED) is 0.302. The lowest BCUT2D eigenvalue weighted by molar-refractivity contribution is 0.00646. The maximum absolute atomic E-state index is 11.8. The van der Waals surface area contributed by atoms with Gasteiger partial charge in [-0.25, -0.2) is 14.4 Å². The van der Waals surface area contributed by atoms with Gasteiger partial charge in [0.1, 0.15) is 0 Å². The van der Waals surface area contributed by atoms with Crippen molar-refractivity contribution >= 4 is 23.7 Å². The molecule has 1 rings (SSSR count). The van der Waals surface area contributed by atoms with Crippen LogP contribution in [-0.4, -0.2) is 57.5 Å². The number of benzene rings is 1. The number of Topliss-reactive ketones (excluding diaryl/α,β-unsaturated/α-hetero) is 1. The molecular formula is C13H12O9. The van der Waals surface area contributed by atoms with E-state index in [1.54, 1.807) is 0 Å². The zero-order valence-corrected chi connectivity index (χ0v) is 11.1. The fraction of sp³-hybridized carbons (Fsp3) is 0.231. The van der Waals surface area contributed by atoms with Crippen LogP contribution in [0.4, 0.5) is 0 Å². The van der Waals surface area contributed by atoms with Crippen molar-refractivity contribution < 1.29 is 44.3 Å². The van der Waals surface area contributed by atoms with Crippen molar-refractivity contribution in [3.8, 4) is 0 Å². The number of carbonyl (C=O) groups is 4. The minimum absolute atomic E-state index is 0.402. The molecule has 0 aliphatic heterocycles. The molecule has 9 nitrogen and oxygen atoms in total. The Labute approximate surface area is 123 Å². The van der Waals surface area contributed by atoms with Gasteiger partial charge in [-0.3, -0.25) is 4.79 Å². The van der Waals surface area contributed by atoms with Crippen molar-refractivity contribution in [2.24, 2.45) is 0 Å². The Balaban J connectivity index is 3.58. The predicted octanol–water partition coefficient (Wildman–Crippen LogP) is -0.245. The van der Waals surface area contributed by atoms with E-state index < -0.39 is 65.8 Å². The van der Waals surface area contributed by atoms with Crippen molar-refractivity contribution in [2.75, 3.05) is 13.4 Å². The van der Waals surface area contributed by atoms with Gasteiger partial charge in [-0.15, -0.1) is 0 Å². The van der Waals surface area contributed by atoms with Gasteiger partial charge in [-0.1, -0.05) is 0 Å². The summed E-state index contributed by atoms with van der Waals surface area (Å²) in [6.45, 7) is -1.56. The highest BCUT2D eigenvalue weighted by Gasteiger charge is 2.25. The number of carboxylic acid groups (broad SMARTS) is 2. The summed E-state index contributed by atoms with van der Waals surface area (Å²) in [6.07, 6.45) is -0.402. The first-order valence-electron chi connectivity index (χ1n) is 5.90. The maximum atomic E-state index is 11.8. The fourth-order valence-corrected chi connectivity index (χ4v) is 1.73. The summed E-state index contributed by atoms with van der Waals surface area (Å²) in [5, 5.41) is 35.4. The van der Waals surface area contributed by atoms with Crippen LogP contribution in [0.1, 0.15) is 47.9 Å². The summed E-state index contributed by atoms with van der Waals surface area (Å²) >= 11 is 0. The van der Waals surface area contributed by atoms with E-state index in [0.29, 0.717) is 6.07 Å². The molecule has 22 heavy (non-hydrogen) atoms. The highest BCUT2D eigenvalue weighted by atomic mass is 16.6. The Morgan fingerprint density at radius 3 is 1.82 bits per heavy atom. The largest absolute Gasteiger partial charge is 0.478 e. The van der Waals surface area contributed by atoms with Gasteiger partial charge >= 0.3 is 17.9 Å². The third kappa shape index (κ3) is 3.65. The van der Waals surface area contributed by atoms with E-state index in [2.05, 4.69) is 4.74 Å². The second-order valence-corrected chi connectivity index (χ2v) is 4.01. The van der Waals surface area contributed by atoms with Crippen molar-refractivity contribution in [1.29, 1.82) is 0 Å². The number of aliphatic hydroxyl groups is 2. The molecule has 0 aliphatic carbocycles. The molecule has 9 heteroatoms.